The molecule has 3 amide bonds. The van der Waals surface area contributed by atoms with E-state index in [1.54, 1.807) is 11.3 Å². The van der Waals surface area contributed by atoms with Crippen LogP contribution in [-0.2, 0) is 32.0 Å². The van der Waals surface area contributed by atoms with Gasteiger partial charge in [0.2, 0.25) is 17.7 Å². The number of para-hydroxylation sites is 2. The molecule has 2 saturated carbocycles. The van der Waals surface area contributed by atoms with Gasteiger partial charge in [-0.3, -0.25) is 9.59 Å². The molecule has 1 aliphatic heterocycles. The molecule has 2 aliphatic carbocycles. The number of carboxylic acids is 1. The summed E-state index contributed by atoms with van der Waals surface area (Å²) in [6.45, 7) is 9.21. The summed E-state index contributed by atoms with van der Waals surface area (Å²) in [6, 6.07) is 9.45. The predicted molar refractivity (Wildman–Crippen MR) is 188 cm³/mol. The number of thiophene rings is 1. The zero-order chi connectivity index (χ0) is 35.6. The van der Waals surface area contributed by atoms with Crippen LogP contribution in [0.5, 0.6) is 5.88 Å². The Morgan fingerprint density at radius 2 is 1.80 bits per heavy atom. The largest absolute Gasteiger partial charge is 0.479 e. The highest BCUT2D eigenvalue weighted by molar-refractivity contribution is 7.09. The molecular weight excluding hydrogens is 659 g/mol. The van der Waals surface area contributed by atoms with Crippen LogP contribution in [0.15, 0.2) is 54.4 Å². The first-order valence-electron chi connectivity index (χ1n) is 17.3. The molecule has 1 saturated heterocycles. The summed E-state index contributed by atoms with van der Waals surface area (Å²) in [5.41, 5.74) is -0.211. The van der Waals surface area contributed by atoms with Crippen molar-refractivity contribution in [3.8, 4) is 5.88 Å². The van der Waals surface area contributed by atoms with Gasteiger partial charge in [-0.2, -0.15) is 0 Å². The maximum atomic E-state index is 14.4. The molecule has 3 aromatic rings. The highest BCUT2D eigenvalue weighted by Crippen LogP contribution is 2.45. The number of alkyl carbamates (subject to hydrolysis) is 1. The smallest absolute Gasteiger partial charge is 0.408 e. The number of amides is 3. The summed E-state index contributed by atoms with van der Waals surface area (Å²) < 4.78 is 12.2. The molecule has 0 spiro atoms. The minimum atomic E-state index is -1.49. The number of aliphatic carboxylic acids is 1. The van der Waals surface area contributed by atoms with Crippen molar-refractivity contribution in [2.75, 3.05) is 6.54 Å². The second kappa shape index (κ2) is 14.4. The molecular formula is C37H45N5O7S. The van der Waals surface area contributed by atoms with Crippen LogP contribution in [0, 0.1) is 11.3 Å². The summed E-state index contributed by atoms with van der Waals surface area (Å²) >= 11 is 1.66. The van der Waals surface area contributed by atoms with E-state index < -0.39 is 58.9 Å². The van der Waals surface area contributed by atoms with Crippen molar-refractivity contribution in [2.45, 2.75) is 102 Å². The number of hydrogen-bond acceptors (Lipinski definition) is 9. The number of rotatable bonds is 12. The van der Waals surface area contributed by atoms with Gasteiger partial charge in [-0.05, 0) is 73.9 Å². The number of likely N-dealkylation sites (tertiary alicyclic amines) is 1. The number of carbonyl (C=O) groups excluding carboxylic acids is 3. The molecule has 3 aliphatic rings. The van der Waals surface area contributed by atoms with Crippen molar-refractivity contribution in [2.24, 2.45) is 11.3 Å². The molecule has 1 unspecified atom stereocenters. The van der Waals surface area contributed by atoms with Crippen molar-refractivity contribution >= 4 is 46.2 Å². The fourth-order valence-electron chi connectivity index (χ4n) is 6.95. The number of aromatic nitrogens is 2. The maximum Gasteiger partial charge on any atom is 0.408 e. The van der Waals surface area contributed by atoms with Gasteiger partial charge in [0.05, 0.1) is 17.6 Å². The molecule has 0 bridgehead atoms. The van der Waals surface area contributed by atoms with Crippen LogP contribution in [0.1, 0.15) is 69.9 Å². The number of hydrogen-bond donors (Lipinski definition) is 3. The molecule has 3 fully saturated rings. The third kappa shape index (κ3) is 7.62. The van der Waals surface area contributed by atoms with Crippen LogP contribution in [0.4, 0.5) is 4.79 Å². The SMILES string of the molecule is C=C[C@@H]1CC1(NC(=O)[C@@H]1C[C@@H](Oc2nc3ccccc3nc2CCc2cccs2)CN1C(=O)[C@@H](NC(=O)OC1CCCC1)C(C)(C)C)C(=O)O. The Balaban J connectivity index is 1.28. The monoisotopic (exact) mass is 703 g/mol. The van der Waals surface area contributed by atoms with Crippen LogP contribution in [-0.4, -0.2) is 80.2 Å². The summed E-state index contributed by atoms with van der Waals surface area (Å²) in [7, 11) is 0. The molecule has 50 heavy (non-hydrogen) atoms. The molecule has 1 aromatic carbocycles. The number of fused-ring (bicyclic) bond motifs is 1. The maximum absolute atomic E-state index is 14.4. The third-order valence-electron chi connectivity index (χ3n) is 9.90. The van der Waals surface area contributed by atoms with Gasteiger partial charge in [-0.15, -0.1) is 17.9 Å². The number of carboxylic acid groups (broad SMARTS) is 1. The second-order valence-corrected chi connectivity index (χ2v) is 15.6. The second-order valence-electron chi connectivity index (χ2n) is 14.6. The number of nitrogens with zero attached hydrogens (tertiary/aromatic N) is 3. The van der Waals surface area contributed by atoms with E-state index in [2.05, 4.69) is 23.3 Å². The van der Waals surface area contributed by atoms with Crippen molar-refractivity contribution in [1.82, 2.24) is 25.5 Å². The molecule has 12 nitrogen and oxygen atoms in total. The Bertz CT molecular complexity index is 1750. The Hall–Kier alpha value is -4.52. The molecule has 6 rings (SSSR count). The summed E-state index contributed by atoms with van der Waals surface area (Å²) in [6.07, 6.45) is 5.06. The van der Waals surface area contributed by atoms with Crippen molar-refractivity contribution in [3.05, 3.63) is 65.0 Å². The quantitative estimate of drug-likeness (QED) is 0.219. The Morgan fingerprint density at radius 1 is 1.08 bits per heavy atom. The highest BCUT2D eigenvalue weighted by Gasteiger charge is 2.61. The lowest BCUT2D eigenvalue weighted by molar-refractivity contribution is -0.146. The average Bonchev–Trinajstić information content (AvgIpc) is 3.54. The van der Waals surface area contributed by atoms with E-state index in [9.17, 15) is 24.3 Å². The lowest BCUT2D eigenvalue weighted by Crippen LogP contribution is -2.59. The van der Waals surface area contributed by atoms with E-state index in [0.29, 0.717) is 23.5 Å². The van der Waals surface area contributed by atoms with Gasteiger partial charge in [-0.25, -0.2) is 19.6 Å². The molecule has 266 valence electrons. The summed E-state index contributed by atoms with van der Waals surface area (Å²) in [4.78, 5) is 66.0. The van der Waals surface area contributed by atoms with Crippen LogP contribution in [0.3, 0.4) is 0 Å². The molecule has 3 heterocycles. The van der Waals surface area contributed by atoms with Gasteiger partial charge in [0.25, 0.3) is 0 Å². The zero-order valence-corrected chi connectivity index (χ0v) is 29.5. The lowest BCUT2D eigenvalue weighted by Gasteiger charge is -2.35. The summed E-state index contributed by atoms with van der Waals surface area (Å²) in [5, 5.41) is 17.6. The van der Waals surface area contributed by atoms with E-state index in [1.807, 2.05) is 56.5 Å². The van der Waals surface area contributed by atoms with Crippen LogP contribution < -0.4 is 15.4 Å². The van der Waals surface area contributed by atoms with Gasteiger partial charge in [0, 0.05) is 17.2 Å². The zero-order valence-electron chi connectivity index (χ0n) is 28.7. The van der Waals surface area contributed by atoms with Crippen molar-refractivity contribution < 1.29 is 33.8 Å². The first-order chi connectivity index (χ1) is 23.9. The molecule has 5 atom stereocenters. The van der Waals surface area contributed by atoms with E-state index in [1.165, 1.54) is 15.9 Å². The molecule has 2 aromatic heterocycles. The Morgan fingerprint density at radius 3 is 2.42 bits per heavy atom. The van der Waals surface area contributed by atoms with Gasteiger partial charge in [-0.1, -0.05) is 45.0 Å². The highest BCUT2D eigenvalue weighted by atomic mass is 32.1. The Kier molecular flexibility index (Phi) is 10.2. The van der Waals surface area contributed by atoms with E-state index >= 15 is 0 Å². The van der Waals surface area contributed by atoms with Gasteiger partial charge < -0.3 is 30.1 Å². The van der Waals surface area contributed by atoms with Gasteiger partial charge >= 0.3 is 12.1 Å². The van der Waals surface area contributed by atoms with E-state index in [-0.39, 0.29) is 25.5 Å². The molecule has 0 radical (unpaired) electrons. The molecule has 3 N–H and O–H groups in total. The fourth-order valence-corrected chi connectivity index (χ4v) is 7.66. The van der Waals surface area contributed by atoms with Crippen LogP contribution >= 0.6 is 11.3 Å². The van der Waals surface area contributed by atoms with Crippen LogP contribution in [0.25, 0.3) is 11.0 Å². The standard InChI is InChI=1S/C37H45N5O7S/c1-5-22-20-37(22,34(45)46)41-31(43)29-19-24(21-42(29)33(44)30(36(2,3)4)40-35(47)49-23-11-6-7-12-23)48-32-28(17-16-25-13-10-18-50-25)38-26-14-8-9-15-27(26)39-32/h5,8-10,13-15,18,22-24,29-30H,1,6-7,11-12,16-17,19-21H2,2-4H3,(H,40,47)(H,41,43)(H,45,46)/t22-,24-,29+,30-,37?/m1/s1. The predicted octanol–water partition coefficient (Wildman–Crippen LogP) is 5.05. The lowest BCUT2D eigenvalue weighted by atomic mass is 9.85. The number of ether oxygens (including phenoxy) is 2. The van der Waals surface area contributed by atoms with Crippen LogP contribution in [0.2, 0.25) is 0 Å². The van der Waals surface area contributed by atoms with E-state index in [4.69, 9.17) is 19.4 Å². The average molecular weight is 704 g/mol. The fraction of sp³-hybridized carbons (Fsp3) is 0.514. The minimum Gasteiger partial charge on any atom is -0.479 e. The van der Waals surface area contributed by atoms with Crippen molar-refractivity contribution in [1.29, 1.82) is 0 Å². The van der Waals surface area contributed by atoms with E-state index in [0.717, 1.165) is 37.6 Å². The normalized spacial score (nSPS) is 24.1. The minimum absolute atomic E-state index is 0.00663. The number of aryl methyl sites for hydroxylation is 2. The molecule has 13 heteroatoms. The van der Waals surface area contributed by atoms with Gasteiger partial charge in [0.1, 0.15) is 35.5 Å². The van der Waals surface area contributed by atoms with Gasteiger partial charge in [0.15, 0.2) is 0 Å². The topological polar surface area (TPSA) is 160 Å². The van der Waals surface area contributed by atoms with Crippen molar-refractivity contribution in [3.63, 3.8) is 0 Å². The number of benzene rings is 1. The third-order valence-corrected chi connectivity index (χ3v) is 10.8. The number of carbonyl (C=O) groups is 4. The number of nitrogens with one attached hydrogen (secondary N) is 2. The first-order valence-corrected chi connectivity index (χ1v) is 18.2. The summed E-state index contributed by atoms with van der Waals surface area (Å²) in [5.74, 6) is -2.38. The first kappa shape index (κ1) is 35.3. The Labute approximate surface area is 295 Å².